The first kappa shape index (κ1) is 19.4. The minimum atomic E-state index is -0.983. The molecule has 0 atom stereocenters. The van der Waals surface area contributed by atoms with Crippen LogP contribution in [0.3, 0.4) is 0 Å². The summed E-state index contributed by atoms with van der Waals surface area (Å²) in [5.74, 6) is 1.76. The molecule has 0 spiro atoms. The van der Waals surface area contributed by atoms with Crippen molar-refractivity contribution in [2.45, 2.75) is 32.3 Å². The van der Waals surface area contributed by atoms with Crippen molar-refractivity contribution in [1.29, 1.82) is 0 Å². The normalized spacial score (nSPS) is 14.2. The number of amides is 1. The van der Waals surface area contributed by atoms with Crippen molar-refractivity contribution in [3.05, 3.63) is 42.4 Å². The molecule has 0 bridgehead atoms. The van der Waals surface area contributed by atoms with E-state index < -0.39 is 5.60 Å². The number of nitrogens with zero attached hydrogens (tertiary/aromatic N) is 5. The summed E-state index contributed by atoms with van der Waals surface area (Å²) in [4.78, 5) is 25.7. The first-order chi connectivity index (χ1) is 14.8. The topological polar surface area (TPSA) is 117 Å². The number of carbonyl (C=O) groups excluding carboxylic acids is 1. The van der Waals surface area contributed by atoms with E-state index in [1.807, 2.05) is 18.2 Å². The molecule has 158 valence electrons. The molecule has 5 rings (SSSR count). The maximum atomic E-state index is 12.2. The van der Waals surface area contributed by atoms with Crippen LogP contribution in [0.4, 0.5) is 11.6 Å². The molecular weight excluding hydrogens is 394 g/mol. The van der Waals surface area contributed by atoms with Gasteiger partial charge in [0.15, 0.2) is 11.5 Å². The van der Waals surface area contributed by atoms with Crippen LogP contribution in [0.1, 0.15) is 32.3 Å². The predicted molar refractivity (Wildman–Crippen MR) is 118 cm³/mol. The number of pyridine rings is 3. The van der Waals surface area contributed by atoms with Crippen LogP contribution in [0.2, 0.25) is 0 Å². The molecule has 1 amide bonds. The van der Waals surface area contributed by atoms with Crippen LogP contribution in [0.5, 0.6) is 0 Å². The SMILES string of the molecule is CNc1ncc(-c2nc3ccc(C(C)(C)O)cn3n2)c2cc(NC(=O)C3CC3)ncc12. The number of aliphatic hydroxyl groups is 1. The summed E-state index contributed by atoms with van der Waals surface area (Å²) < 4.78 is 1.65. The second-order valence-corrected chi connectivity index (χ2v) is 8.36. The van der Waals surface area contributed by atoms with Gasteiger partial charge in [0.1, 0.15) is 11.6 Å². The van der Waals surface area contributed by atoms with E-state index in [4.69, 9.17) is 0 Å². The highest BCUT2D eigenvalue weighted by atomic mass is 16.3. The zero-order chi connectivity index (χ0) is 21.8. The molecule has 1 fully saturated rings. The maximum absolute atomic E-state index is 12.2. The van der Waals surface area contributed by atoms with E-state index >= 15 is 0 Å². The Morgan fingerprint density at radius 3 is 2.71 bits per heavy atom. The van der Waals surface area contributed by atoms with Crippen LogP contribution in [0, 0.1) is 5.92 Å². The summed E-state index contributed by atoms with van der Waals surface area (Å²) >= 11 is 0. The first-order valence-electron chi connectivity index (χ1n) is 10.2. The molecule has 4 aromatic rings. The standard InChI is InChI=1S/C22H23N7O2/c1-22(2,31)13-6-7-18-27-20(28-29(18)11-13)16-10-25-19(23-3)15-9-24-17(8-14(15)16)26-21(30)12-4-5-12/h6-12,31H,4-5H2,1-3H3,(H,23,25)(H,24,26,30). The fourth-order valence-electron chi connectivity index (χ4n) is 3.51. The van der Waals surface area contributed by atoms with Gasteiger partial charge in [0.25, 0.3) is 0 Å². The van der Waals surface area contributed by atoms with E-state index in [1.54, 1.807) is 44.0 Å². The maximum Gasteiger partial charge on any atom is 0.228 e. The molecule has 9 heteroatoms. The molecule has 1 aliphatic rings. The van der Waals surface area contributed by atoms with Gasteiger partial charge in [-0.2, -0.15) is 0 Å². The van der Waals surface area contributed by atoms with Crippen molar-refractivity contribution in [2.75, 3.05) is 17.7 Å². The number of nitrogens with one attached hydrogen (secondary N) is 2. The van der Waals surface area contributed by atoms with Gasteiger partial charge in [0.2, 0.25) is 5.91 Å². The molecule has 0 unspecified atom stereocenters. The fraction of sp³-hybridized carbons (Fsp3) is 0.318. The monoisotopic (exact) mass is 417 g/mol. The van der Waals surface area contributed by atoms with Gasteiger partial charge in [-0.3, -0.25) is 4.79 Å². The Bertz CT molecular complexity index is 1320. The van der Waals surface area contributed by atoms with Crippen LogP contribution in [-0.4, -0.2) is 42.6 Å². The van der Waals surface area contributed by atoms with Crippen molar-refractivity contribution in [1.82, 2.24) is 24.6 Å². The quantitative estimate of drug-likeness (QED) is 0.457. The number of hydrogen-bond donors (Lipinski definition) is 3. The van der Waals surface area contributed by atoms with Crippen LogP contribution in [0.15, 0.2) is 36.8 Å². The number of aromatic nitrogens is 5. The van der Waals surface area contributed by atoms with Crippen molar-refractivity contribution in [3.8, 4) is 11.4 Å². The van der Waals surface area contributed by atoms with Crippen molar-refractivity contribution < 1.29 is 9.90 Å². The number of anilines is 2. The van der Waals surface area contributed by atoms with E-state index in [2.05, 4.69) is 30.7 Å². The zero-order valence-corrected chi connectivity index (χ0v) is 17.5. The lowest BCUT2D eigenvalue weighted by Gasteiger charge is -2.16. The van der Waals surface area contributed by atoms with E-state index in [9.17, 15) is 9.90 Å². The summed E-state index contributed by atoms with van der Waals surface area (Å²) in [6.07, 6.45) is 7.04. The van der Waals surface area contributed by atoms with E-state index in [0.717, 1.165) is 34.7 Å². The fourth-order valence-corrected chi connectivity index (χ4v) is 3.51. The van der Waals surface area contributed by atoms with Crippen molar-refractivity contribution in [3.63, 3.8) is 0 Å². The third-order valence-corrected chi connectivity index (χ3v) is 5.49. The Kier molecular flexibility index (Phi) is 4.37. The molecule has 3 N–H and O–H groups in total. The van der Waals surface area contributed by atoms with E-state index in [-0.39, 0.29) is 11.8 Å². The highest BCUT2D eigenvalue weighted by Gasteiger charge is 2.30. The van der Waals surface area contributed by atoms with Gasteiger partial charge in [-0.1, -0.05) is 6.07 Å². The highest BCUT2D eigenvalue weighted by molar-refractivity contribution is 6.03. The number of fused-ring (bicyclic) bond motifs is 2. The van der Waals surface area contributed by atoms with Gasteiger partial charge in [0, 0.05) is 53.5 Å². The smallest absolute Gasteiger partial charge is 0.228 e. The van der Waals surface area contributed by atoms with E-state index in [0.29, 0.717) is 23.1 Å². The van der Waals surface area contributed by atoms with Gasteiger partial charge in [-0.05, 0) is 38.8 Å². The zero-order valence-electron chi connectivity index (χ0n) is 17.5. The summed E-state index contributed by atoms with van der Waals surface area (Å²) in [6.45, 7) is 3.45. The minimum Gasteiger partial charge on any atom is -0.386 e. The predicted octanol–water partition coefficient (Wildman–Crippen LogP) is 2.96. The third-order valence-electron chi connectivity index (χ3n) is 5.49. The lowest BCUT2D eigenvalue weighted by molar-refractivity contribution is -0.117. The van der Waals surface area contributed by atoms with Crippen LogP contribution in [-0.2, 0) is 10.4 Å². The second-order valence-electron chi connectivity index (χ2n) is 8.36. The second kappa shape index (κ2) is 6.98. The van der Waals surface area contributed by atoms with Gasteiger partial charge in [0.05, 0.1) is 5.60 Å². The molecule has 31 heavy (non-hydrogen) atoms. The Hall–Kier alpha value is -3.59. The molecule has 1 aliphatic carbocycles. The van der Waals surface area contributed by atoms with Crippen molar-refractivity contribution in [2.24, 2.45) is 5.92 Å². The van der Waals surface area contributed by atoms with Crippen molar-refractivity contribution >= 4 is 34.0 Å². The summed E-state index contributed by atoms with van der Waals surface area (Å²) in [6, 6.07) is 5.50. The minimum absolute atomic E-state index is 0.00120. The Morgan fingerprint density at radius 1 is 1.19 bits per heavy atom. The van der Waals surface area contributed by atoms with E-state index in [1.165, 1.54) is 0 Å². The summed E-state index contributed by atoms with van der Waals surface area (Å²) in [5, 5.41) is 22.5. The molecule has 0 aliphatic heterocycles. The average molecular weight is 417 g/mol. The molecule has 4 heterocycles. The highest BCUT2D eigenvalue weighted by Crippen LogP contribution is 2.33. The Labute approximate surface area is 178 Å². The van der Waals surface area contributed by atoms with Crippen LogP contribution >= 0.6 is 0 Å². The average Bonchev–Trinajstić information content (AvgIpc) is 3.51. The third kappa shape index (κ3) is 3.57. The largest absolute Gasteiger partial charge is 0.386 e. The number of hydrogen-bond acceptors (Lipinski definition) is 7. The number of rotatable bonds is 5. The molecule has 0 aromatic carbocycles. The molecule has 4 aromatic heterocycles. The first-order valence-corrected chi connectivity index (χ1v) is 10.2. The van der Waals surface area contributed by atoms with Crippen LogP contribution in [0.25, 0.3) is 27.8 Å². The molecule has 0 radical (unpaired) electrons. The van der Waals surface area contributed by atoms with Gasteiger partial charge in [-0.25, -0.2) is 19.5 Å². The summed E-state index contributed by atoms with van der Waals surface area (Å²) in [5.41, 5.74) is 1.14. The molecule has 1 saturated carbocycles. The number of carbonyl (C=O) groups is 1. The lowest BCUT2D eigenvalue weighted by Crippen LogP contribution is -2.16. The molecular formula is C22H23N7O2. The van der Waals surface area contributed by atoms with Gasteiger partial charge < -0.3 is 15.7 Å². The van der Waals surface area contributed by atoms with Crippen LogP contribution < -0.4 is 10.6 Å². The molecule has 9 nitrogen and oxygen atoms in total. The molecule has 0 saturated heterocycles. The van der Waals surface area contributed by atoms with Gasteiger partial charge >= 0.3 is 0 Å². The summed E-state index contributed by atoms with van der Waals surface area (Å²) in [7, 11) is 1.80. The Balaban J connectivity index is 1.63. The Morgan fingerprint density at radius 2 is 2.00 bits per heavy atom. The van der Waals surface area contributed by atoms with Gasteiger partial charge in [-0.15, -0.1) is 5.10 Å². The lowest BCUT2D eigenvalue weighted by atomic mass is 10.0.